The molecule has 0 radical (unpaired) electrons. The van der Waals surface area contributed by atoms with Gasteiger partial charge in [0, 0.05) is 25.7 Å². The van der Waals surface area contributed by atoms with E-state index in [2.05, 4.69) is 61.3 Å². The average Bonchev–Trinajstić information content (AvgIpc) is 2.38. The first-order chi connectivity index (χ1) is 9.11. The van der Waals surface area contributed by atoms with Gasteiger partial charge in [0.25, 0.3) is 0 Å². The monoisotopic (exact) mass is 262 g/mol. The molecule has 106 valence electrons. The molecule has 1 aliphatic heterocycles. The van der Waals surface area contributed by atoms with E-state index in [-0.39, 0.29) is 5.60 Å². The lowest BCUT2D eigenvalue weighted by Gasteiger charge is -2.39. The van der Waals surface area contributed by atoms with Crippen molar-refractivity contribution in [2.24, 2.45) is 0 Å². The van der Waals surface area contributed by atoms with Crippen LogP contribution < -0.4 is 5.32 Å². The van der Waals surface area contributed by atoms with E-state index in [0.29, 0.717) is 6.04 Å². The molecular formula is C16H26N2O. The first kappa shape index (κ1) is 14.5. The van der Waals surface area contributed by atoms with Crippen LogP contribution in [0.15, 0.2) is 30.3 Å². The van der Waals surface area contributed by atoms with Crippen LogP contribution in [0.3, 0.4) is 0 Å². The van der Waals surface area contributed by atoms with E-state index in [1.165, 1.54) is 5.56 Å². The summed E-state index contributed by atoms with van der Waals surface area (Å²) in [6, 6.07) is 11.1. The quantitative estimate of drug-likeness (QED) is 0.882. The lowest BCUT2D eigenvalue weighted by Crippen LogP contribution is -2.50. The molecule has 0 saturated carbocycles. The number of nitrogens with zero attached hydrogens (tertiary/aromatic N) is 1. The van der Waals surface area contributed by atoms with E-state index in [1.54, 1.807) is 0 Å². The Bertz CT molecular complexity index is 378. The Balaban J connectivity index is 2.01. The molecule has 0 aliphatic carbocycles. The maximum absolute atomic E-state index is 5.78. The maximum Gasteiger partial charge on any atom is 0.0753 e. The smallest absolute Gasteiger partial charge is 0.0753 e. The summed E-state index contributed by atoms with van der Waals surface area (Å²) in [5, 5.41) is 3.59. The molecule has 0 amide bonds. The van der Waals surface area contributed by atoms with E-state index >= 15 is 0 Å². The molecule has 1 aliphatic rings. The molecule has 1 aromatic carbocycles. The summed E-state index contributed by atoms with van der Waals surface area (Å²) in [7, 11) is 0. The van der Waals surface area contributed by atoms with Crippen LogP contribution in [0.1, 0.15) is 32.4 Å². The van der Waals surface area contributed by atoms with Crippen LogP contribution in [0.4, 0.5) is 0 Å². The molecule has 19 heavy (non-hydrogen) atoms. The highest BCUT2D eigenvalue weighted by Crippen LogP contribution is 2.20. The van der Waals surface area contributed by atoms with Crippen LogP contribution in [0.5, 0.6) is 0 Å². The van der Waals surface area contributed by atoms with E-state index in [9.17, 15) is 0 Å². The van der Waals surface area contributed by atoms with Gasteiger partial charge in [0.2, 0.25) is 0 Å². The van der Waals surface area contributed by atoms with Crippen molar-refractivity contribution in [3.8, 4) is 0 Å². The Morgan fingerprint density at radius 3 is 2.68 bits per heavy atom. The lowest BCUT2D eigenvalue weighted by atomic mass is 10.0. The number of morpholine rings is 1. The predicted octanol–water partition coefficient (Wildman–Crippen LogP) is 2.45. The molecule has 3 nitrogen and oxygen atoms in total. The van der Waals surface area contributed by atoms with Crippen molar-refractivity contribution in [3.63, 3.8) is 0 Å². The first-order valence-electron chi connectivity index (χ1n) is 7.25. The van der Waals surface area contributed by atoms with Gasteiger partial charge in [-0.25, -0.2) is 0 Å². The second kappa shape index (κ2) is 6.51. The minimum absolute atomic E-state index is 0.0221. The van der Waals surface area contributed by atoms with Gasteiger partial charge in [-0.3, -0.25) is 4.90 Å². The maximum atomic E-state index is 5.78. The molecule has 1 unspecified atom stereocenters. The zero-order chi connectivity index (χ0) is 13.7. The molecule has 1 fully saturated rings. The molecule has 1 aromatic rings. The summed E-state index contributed by atoms with van der Waals surface area (Å²) >= 11 is 0. The van der Waals surface area contributed by atoms with E-state index in [4.69, 9.17) is 4.74 Å². The largest absolute Gasteiger partial charge is 0.373 e. The van der Waals surface area contributed by atoms with Gasteiger partial charge in [-0.05, 0) is 26.0 Å². The third-order valence-corrected chi connectivity index (χ3v) is 3.60. The first-order valence-corrected chi connectivity index (χ1v) is 7.25. The SMILES string of the molecule is CCNC(CN1CCOC(C)(C)C1)c1ccccc1. The minimum atomic E-state index is -0.0221. The highest BCUT2D eigenvalue weighted by Gasteiger charge is 2.28. The van der Waals surface area contributed by atoms with Crippen molar-refractivity contribution in [1.29, 1.82) is 0 Å². The van der Waals surface area contributed by atoms with Gasteiger partial charge in [-0.15, -0.1) is 0 Å². The van der Waals surface area contributed by atoms with Gasteiger partial charge in [-0.1, -0.05) is 37.3 Å². The molecule has 2 rings (SSSR count). The Morgan fingerprint density at radius 2 is 2.05 bits per heavy atom. The number of nitrogens with one attached hydrogen (secondary N) is 1. The topological polar surface area (TPSA) is 24.5 Å². The highest BCUT2D eigenvalue weighted by atomic mass is 16.5. The van der Waals surface area contributed by atoms with Crippen molar-refractivity contribution in [3.05, 3.63) is 35.9 Å². The Morgan fingerprint density at radius 1 is 1.32 bits per heavy atom. The van der Waals surface area contributed by atoms with Crippen molar-refractivity contribution < 1.29 is 4.74 Å². The second-order valence-corrected chi connectivity index (χ2v) is 5.86. The third-order valence-electron chi connectivity index (χ3n) is 3.60. The van der Waals surface area contributed by atoms with Gasteiger partial charge < -0.3 is 10.1 Å². The number of likely N-dealkylation sites (N-methyl/N-ethyl adjacent to an activating group) is 1. The molecule has 1 heterocycles. The fraction of sp³-hybridized carbons (Fsp3) is 0.625. The lowest BCUT2D eigenvalue weighted by molar-refractivity contribution is -0.0876. The van der Waals surface area contributed by atoms with Crippen LogP contribution in [0.2, 0.25) is 0 Å². The van der Waals surface area contributed by atoms with Crippen LogP contribution >= 0.6 is 0 Å². The summed E-state index contributed by atoms with van der Waals surface area (Å²) in [5.74, 6) is 0. The number of hydrogen-bond acceptors (Lipinski definition) is 3. The highest BCUT2D eigenvalue weighted by molar-refractivity contribution is 5.19. The van der Waals surface area contributed by atoms with Crippen LogP contribution in [-0.4, -0.2) is 43.3 Å². The van der Waals surface area contributed by atoms with Gasteiger partial charge in [0.15, 0.2) is 0 Å². The number of hydrogen-bond donors (Lipinski definition) is 1. The summed E-state index contributed by atoms with van der Waals surface area (Å²) in [4.78, 5) is 2.50. The fourth-order valence-electron chi connectivity index (χ4n) is 2.75. The zero-order valence-corrected chi connectivity index (χ0v) is 12.4. The third kappa shape index (κ3) is 4.30. The summed E-state index contributed by atoms with van der Waals surface area (Å²) in [6.45, 7) is 11.4. The van der Waals surface area contributed by atoms with Crippen LogP contribution in [-0.2, 0) is 4.74 Å². The molecule has 3 heteroatoms. The van der Waals surface area contributed by atoms with E-state index in [1.807, 2.05) is 0 Å². The van der Waals surface area contributed by atoms with Gasteiger partial charge >= 0.3 is 0 Å². The van der Waals surface area contributed by atoms with Crippen LogP contribution in [0.25, 0.3) is 0 Å². The molecule has 1 atom stereocenters. The van der Waals surface area contributed by atoms with Crippen molar-refractivity contribution in [2.45, 2.75) is 32.4 Å². The summed E-state index contributed by atoms with van der Waals surface area (Å²) in [6.07, 6.45) is 0. The molecule has 1 saturated heterocycles. The number of rotatable bonds is 5. The molecule has 0 spiro atoms. The summed E-state index contributed by atoms with van der Waals surface area (Å²) < 4.78 is 5.78. The Hall–Kier alpha value is -0.900. The van der Waals surface area contributed by atoms with Gasteiger partial charge in [-0.2, -0.15) is 0 Å². The van der Waals surface area contributed by atoms with Gasteiger partial charge in [0.1, 0.15) is 0 Å². The molecule has 0 aromatic heterocycles. The van der Waals surface area contributed by atoms with Crippen molar-refractivity contribution >= 4 is 0 Å². The predicted molar refractivity (Wildman–Crippen MR) is 79.3 cm³/mol. The second-order valence-electron chi connectivity index (χ2n) is 5.86. The molecular weight excluding hydrogens is 236 g/mol. The van der Waals surface area contributed by atoms with Crippen molar-refractivity contribution in [2.75, 3.05) is 32.8 Å². The van der Waals surface area contributed by atoms with Crippen LogP contribution in [0, 0.1) is 0 Å². The standard InChI is InChI=1S/C16H26N2O/c1-4-17-15(14-8-6-5-7-9-14)12-18-10-11-19-16(2,3)13-18/h5-9,15,17H,4,10-13H2,1-3H3. The van der Waals surface area contributed by atoms with E-state index in [0.717, 1.165) is 32.8 Å². The molecule has 1 N–H and O–H groups in total. The number of ether oxygens (including phenoxy) is 1. The minimum Gasteiger partial charge on any atom is -0.373 e. The Kier molecular flexibility index (Phi) is 4.97. The Labute approximate surface area is 116 Å². The van der Waals surface area contributed by atoms with Crippen molar-refractivity contribution in [1.82, 2.24) is 10.2 Å². The van der Waals surface area contributed by atoms with E-state index < -0.39 is 0 Å². The van der Waals surface area contributed by atoms with Gasteiger partial charge in [0.05, 0.1) is 12.2 Å². The summed E-state index contributed by atoms with van der Waals surface area (Å²) in [5.41, 5.74) is 1.35. The zero-order valence-electron chi connectivity index (χ0n) is 12.4. The number of benzene rings is 1. The normalized spacial score (nSPS) is 21.2. The molecule has 0 bridgehead atoms. The average molecular weight is 262 g/mol. The fourth-order valence-corrected chi connectivity index (χ4v) is 2.75.